The van der Waals surface area contributed by atoms with Crippen molar-refractivity contribution < 1.29 is 0 Å². The topological polar surface area (TPSA) is 49.9 Å². The summed E-state index contributed by atoms with van der Waals surface area (Å²) in [5.74, 6) is 0.487. The van der Waals surface area contributed by atoms with Crippen molar-refractivity contribution >= 4 is 11.9 Å². The van der Waals surface area contributed by atoms with E-state index in [9.17, 15) is 0 Å². The zero-order valence-corrected chi connectivity index (χ0v) is 8.39. The lowest BCUT2D eigenvalue weighted by Crippen LogP contribution is -1.99. The molecule has 3 N–H and O–H groups in total. The number of nitrogen functional groups attached to an aromatic ring is 1. The Bertz CT molecular complexity index is 304. The third-order valence-electron chi connectivity index (χ3n) is 2.25. The van der Waals surface area contributed by atoms with E-state index in [1.807, 2.05) is 13.0 Å². The molecule has 0 unspecified atom stereocenters. The average molecular weight is 176 g/mol. The highest BCUT2D eigenvalue weighted by Crippen LogP contribution is 2.22. The Kier molecular flexibility index (Phi) is 2.71. The Morgan fingerprint density at radius 3 is 2.38 bits per heavy atom. The van der Waals surface area contributed by atoms with Crippen molar-refractivity contribution in [1.82, 2.24) is 0 Å². The fourth-order valence-corrected chi connectivity index (χ4v) is 1.38. The Balaban J connectivity index is 3.28. The maximum atomic E-state index is 7.20. The van der Waals surface area contributed by atoms with Gasteiger partial charge in [0.1, 0.15) is 0 Å². The summed E-state index contributed by atoms with van der Waals surface area (Å²) in [6, 6.07) is 4.06. The van der Waals surface area contributed by atoms with Crippen LogP contribution in [0.15, 0.2) is 12.1 Å². The maximum Gasteiger partial charge on any atom is 0.0408 e. The second-order valence-corrected chi connectivity index (χ2v) is 3.64. The van der Waals surface area contributed by atoms with E-state index in [0.29, 0.717) is 11.6 Å². The fourth-order valence-electron chi connectivity index (χ4n) is 1.38. The van der Waals surface area contributed by atoms with Gasteiger partial charge in [-0.1, -0.05) is 19.9 Å². The highest BCUT2D eigenvalue weighted by molar-refractivity contribution is 5.87. The lowest BCUT2D eigenvalue weighted by atomic mass is 9.97. The molecule has 0 amide bonds. The lowest BCUT2D eigenvalue weighted by Gasteiger charge is -2.10. The first-order valence-electron chi connectivity index (χ1n) is 4.46. The number of nitrogens with one attached hydrogen (secondary N) is 1. The second-order valence-electron chi connectivity index (χ2n) is 3.64. The molecule has 0 radical (unpaired) electrons. The number of rotatable bonds is 2. The Morgan fingerprint density at radius 2 is 2.00 bits per heavy atom. The van der Waals surface area contributed by atoms with Crippen LogP contribution in [-0.4, -0.2) is 6.21 Å². The molecule has 1 aromatic rings. The van der Waals surface area contributed by atoms with Crippen molar-refractivity contribution in [3.8, 4) is 0 Å². The van der Waals surface area contributed by atoms with Gasteiger partial charge in [-0.25, -0.2) is 0 Å². The van der Waals surface area contributed by atoms with Crippen molar-refractivity contribution in [1.29, 1.82) is 5.41 Å². The van der Waals surface area contributed by atoms with Crippen LogP contribution in [0.1, 0.15) is 36.5 Å². The first-order valence-corrected chi connectivity index (χ1v) is 4.46. The predicted octanol–water partition coefficient (Wildman–Crippen LogP) is 2.70. The van der Waals surface area contributed by atoms with E-state index >= 15 is 0 Å². The summed E-state index contributed by atoms with van der Waals surface area (Å²) in [4.78, 5) is 0. The third-order valence-corrected chi connectivity index (χ3v) is 2.25. The summed E-state index contributed by atoms with van der Waals surface area (Å²) in [5.41, 5.74) is 9.68. The van der Waals surface area contributed by atoms with Crippen molar-refractivity contribution in [2.24, 2.45) is 0 Å². The summed E-state index contributed by atoms with van der Waals surface area (Å²) in [7, 11) is 0. The van der Waals surface area contributed by atoms with Gasteiger partial charge in [-0.05, 0) is 30.0 Å². The summed E-state index contributed by atoms with van der Waals surface area (Å²) < 4.78 is 0. The molecule has 0 saturated heterocycles. The van der Waals surface area contributed by atoms with E-state index in [4.69, 9.17) is 11.1 Å². The first-order chi connectivity index (χ1) is 6.06. The van der Waals surface area contributed by atoms with Gasteiger partial charge in [-0.2, -0.15) is 0 Å². The molecule has 0 aliphatic rings. The molecule has 1 rings (SSSR count). The number of anilines is 1. The van der Waals surface area contributed by atoms with Crippen LogP contribution >= 0.6 is 0 Å². The van der Waals surface area contributed by atoms with Crippen LogP contribution in [0.5, 0.6) is 0 Å². The van der Waals surface area contributed by atoms with Crippen LogP contribution in [0.25, 0.3) is 0 Å². The van der Waals surface area contributed by atoms with E-state index in [2.05, 4.69) is 19.9 Å². The van der Waals surface area contributed by atoms with Crippen LogP contribution in [0.2, 0.25) is 0 Å². The number of nitrogens with two attached hydrogens (primary N) is 1. The van der Waals surface area contributed by atoms with Gasteiger partial charge in [0.25, 0.3) is 0 Å². The minimum atomic E-state index is 0.487. The van der Waals surface area contributed by atoms with Crippen molar-refractivity contribution in [3.63, 3.8) is 0 Å². The van der Waals surface area contributed by atoms with Gasteiger partial charge in [-0.15, -0.1) is 0 Å². The summed E-state index contributed by atoms with van der Waals surface area (Å²) in [6.07, 6.45) is 1.31. The van der Waals surface area contributed by atoms with Crippen LogP contribution in [0.4, 0.5) is 5.69 Å². The zero-order chi connectivity index (χ0) is 10.0. The molecule has 0 spiro atoms. The van der Waals surface area contributed by atoms with Gasteiger partial charge in [0.15, 0.2) is 0 Å². The highest BCUT2D eigenvalue weighted by atomic mass is 14.6. The molecule has 13 heavy (non-hydrogen) atoms. The molecule has 0 aromatic heterocycles. The molecule has 0 atom stereocenters. The molecule has 0 aliphatic heterocycles. The number of aryl methyl sites for hydroxylation is 1. The first kappa shape index (κ1) is 9.78. The zero-order valence-electron chi connectivity index (χ0n) is 8.39. The van der Waals surface area contributed by atoms with Crippen molar-refractivity contribution in [2.45, 2.75) is 26.7 Å². The minimum absolute atomic E-state index is 0.487. The van der Waals surface area contributed by atoms with Crippen molar-refractivity contribution in [2.75, 3.05) is 5.73 Å². The molecule has 70 valence electrons. The SMILES string of the molecule is Cc1cc(C(C)C)cc(N)c1C=N. The molecular weight excluding hydrogens is 160 g/mol. The standard InChI is InChI=1S/C11H16N2/c1-7(2)9-4-8(3)10(6-12)11(13)5-9/h4-7,12H,13H2,1-3H3. The number of hydrogen-bond acceptors (Lipinski definition) is 2. The number of hydrogen-bond donors (Lipinski definition) is 2. The highest BCUT2D eigenvalue weighted by Gasteiger charge is 2.05. The molecule has 0 aliphatic carbocycles. The average Bonchev–Trinajstić information content (AvgIpc) is 2.03. The van der Waals surface area contributed by atoms with Gasteiger partial charge in [0.05, 0.1) is 0 Å². The fraction of sp³-hybridized carbons (Fsp3) is 0.364. The van der Waals surface area contributed by atoms with E-state index < -0.39 is 0 Å². The van der Waals surface area contributed by atoms with Gasteiger partial charge >= 0.3 is 0 Å². The van der Waals surface area contributed by atoms with Gasteiger partial charge in [0, 0.05) is 17.5 Å². The molecule has 0 saturated carbocycles. The smallest absolute Gasteiger partial charge is 0.0408 e. The maximum absolute atomic E-state index is 7.20. The predicted molar refractivity (Wildman–Crippen MR) is 57.6 cm³/mol. The Hall–Kier alpha value is -1.31. The Labute approximate surface area is 79.3 Å². The molecular formula is C11H16N2. The lowest BCUT2D eigenvalue weighted by molar-refractivity contribution is 0.865. The molecule has 0 fully saturated rings. The van der Waals surface area contributed by atoms with Crippen LogP contribution in [0, 0.1) is 12.3 Å². The van der Waals surface area contributed by atoms with Crippen molar-refractivity contribution in [3.05, 3.63) is 28.8 Å². The van der Waals surface area contributed by atoms with Crippen LogP contribution in [-0.2, 0) is 0 Å². The largest absolute Gasteiger partial charge is 0.398 e. The quantitative estimate of drug-likeness (QED) is 0.528. The van der Waals surface area contributed by atoms with Gasteiger partial charge < -0.3 is 11.1 Å². The third kappa shape index (κ3) is 1.89. The summed E-state index contributed by atoms with van der Waals surface area (Å²) >= 11 is 0. The molecule has 0 heterocycles. The van der Waals surface area contributed by atoms with Gasteiger partial charge in [0.2, 0.25) is 0 Å². The minimum Gasteiger partial charge on any atom is -0.398 e. The summed E-state index contributed by atoms with van der Waals surface area (Å²) in [5, 5.41) is 7.20. The normalized spacial score (nSPS) is 10.5. The van der Waals surface area contributed by atoms with Gasteiger partial charge in [-0.3, -0.25) is 0 Å². The van der Waals surface area contributed by atoms with Crippen LogP contribution in [0.3, 0.4) is 0 Å². The second kappa shape index (κ2) is 3.60. The van der Waals surface area contributed by atoms with Crippen LogP contribution < -0.4 is 5.73 Å². The molecule has 1 aromatic carbocycles. The monoisotopic (exact) mass is 176 g/mol. The summed E-state index contributed by atoms with van der Waals surface area (Å²) in [6.45, 7) is 6.26. The van der Waals surface area contributed by atoms with E-state index in [1.54, 1.807) is 0 Å². The molecule has 2 heteroatoms. The van der Waals surface area contributed by atoms with E-state index in [0.717, 1.165) is 11.1 Å². The number of benzene rings is 1. The molecule has 2 nitrogen and oxygen atoms in total. The molecule has 0 bridgehead atoms. The Morgan fingerprint density at radius 1 is 1.38 bits per heavy atom. The van der Waals surface area contributed by atoms with E-state index in [-0.39, 0.29) is 0 Å². The van der Waals surface area contributed by atoms with E-state index in [1.165, 1.54) is 11.8 Å².